The van der Waals surface area contributed by atoms with Crippen molar-refractivity contribution in [2.75, 3.05) is 0 Å². The van der Waals surface area contributed by atoms with Crippen LogP contribution in [-0.2, 0) is 12.8 Å². The number of benzene rings is 2. The molecule has 0 spiro atoms. The number of H-pyrrole nitrogens is 2. The number of aliphatic hydroxyl groups is 1. The highest BCUT2D eigenvalue weighted by molar-refractivity contribution is 6.24. The van der Waals surface area contributed by atoms with E-state index in [0.29, 0.717) is 5.39 Å². The number of aliphatic hydroxyl groups excluding tert-OH is 1. The predicted molar refractivity (Wildman–Crippen MR) is 98.5 cm³/mol. The van der Waals surface area contributed by atoms with Crippen LogP contribution in [0.15, 0.2) is 41.7 Å². The van der Waals surface area contributed by atoms with Gasteiger partial charge in [0.1, 0.15) is 17.3 Å². The topological polar surface area (TPSA) is 77.1 Å². The number of nitrogens with zero attached hydrogens (tertiary/aromatic N) is 2. The fourth-order valence-corrected chi connectivity index (χ4v) is 3.69. The molecule has 5 rings (SSSR count). The molecule has 0 saturated carbocycles. The first-order valence-corrected chi connectivity index (χ1v) is 8.72. The lowest BCUT2D eigenvalue weighted by atomic mass is 9.95. The summed E-state index contributed by atoms with van der Waals surface area (Å²) in [5.74, 6) is -1.90. The van der Waals surface area contributed by atoms with Gasteiger partial charge in [-0.05, 0) is 29.8 Å². The van der Waals surface area contributed by atoms with Crippen LogP contribution >= 0.6 is 0 Å². The summed E-state index contributed by atoms with van der Waals surface area (Å²) in [5, 5.41) is 16.0. The summed E-state index contributed by atoms with van der Waals surface area (Å²) in [6.45, 7) is -0.552. The van der Waals surface area contributed by atoms with Gasteiger partial charge in [-0.25, -0.2) is 13.8 Å². The zero-order chi connectivity index (χ0) is 21.2. The standard InChI is InChI=1S/C20H11F5N4O/c21-12-1-8(7-30)2-13(22)17(12)19-11-5-26-14-4-9(20(23,24)25)3-10(16(11)14)18-15(28-19)6-27-29-18/h1-6,26,30H,7H2,(H,27,29). The predicted octanol–water partition coefficient (Wildman–Crippen LogP) is 4.83. The number of hydrogen-bond donors (Lipinski definition) is 3. The van der Waals surface area contributed by atoms with Crippen molar-refractivity contribution in [1.82, 2.24) is 15.2 Å². The lowest BCUT2D eigenvalue weighted by molar-refractivity contribution is -0.137. The van der Waals surface area contributed by atoms with Gasteiger partial charge >= 0.3 is 6.18 Å². The van der Waals surface area contributed by atoms with Gasteiger partial charge < -0.3 is 10.1 Å². The summed E-state index contributed by atoms with van der Waals surface area (Å²) in [5.41, 5.74) is -0.495. The molecule has 0 amide bonds. The summed E-state index contributed by atoms with van der Waals surface area (Å²) in [6.07, 6.45) is -1.95. The van der Waals surface area contributed by atoms with Crippen LogP contribution in [0.3, 0.4) is 0 Å². The lowest BCUT2D eigenvalue weighted by Crippen LogP contribution is -2.09. The maximum atomic E-state index is 14.8. The molecular formula is C20H11F5N4O. The third-order valence-electron chi connectivity index (χ3n) is 5.00. The number of rotatable bonds is 2. The van der Waals surface area contributed by atoms with Crippen molar-refractivity contribution in [3.63, 3.8) is 0 Å². The van der Waals surface area contributed by atoms with E-state index in [1.807, 2.05) is 0 Å². The summed E-state index contributed by atoms with van der Waals surface area (Å²) in [7, 11) is 0. The molecule has 152 valence electrons. The number of alkyl halides is 3. The second-order valence-corrected chi connectivity index (χ2v) is 6.83. The van der Waals surface area contributed by atoms with Gasteiger partial charge in [-0.15, -0.1) is 0 Å². The highest BCUT2D eigenvalue weighted by atomic mass is 19.4. The molecule has 2 aromatic carbocycles. The van der Waals surface area contributed by atoms with Crippen LogP contribution in [0, 0.1) is 11.6 Å². The normalized spacial score (nSPS) is 13.3. The van der Waals surface area contributed by atoms with Crippen molar-refractivity contribution in [2.24, 2.45) is 4.99 Å². The lowest BCUT2D eigenvalue weighted by Gasteiger charge is -2.11. The van der Waals surface area contributed by atoms with Crippen molar-refractivity contribution in [1.29, 1.82) is 0 Å². The molecule has 0 fully saturated rings. The summed E-state index contributed by atoms with van der Waals surface area (Å²) in [6, 6.07) is 3.86. The fraction of sp³-hybridized carbons (Fsp3) is 0.100. The van der Waals surface area contributed by atoms with Crippen molar-refractivity contribution in [3.05, 3.63) is 70.5 Å². The molecule has 0 aliphatic carbocycles. The van der Waals surface area contributed by atoms with Gasteiger partial charge in [0.05, 0.1) is 35.3 Å². The van der Waals surface area contributed by atoms with Crippen molar-refractivity contribution < 1.29 is 27.1 Å². The molecule has 0 saturated heterocycles. The first kappa shape index (κ1) is 18.5. The number of aromatic amines is 2. The Bertz CT molecular complexity index is 1330. The molecule has 3 heterocycles. The average Bonchev–Trinajstić information content (AvgIpc) is 3.29. The molecule has 30 heavy (non-hydrogen) atoms. The van der Waals surface area contributed by atoms with Crippen LogP contribution in [-0.4, -0.2) is 26.0 Å². The van der Waals surface area contributed by atoms with Crippen LogP contribution in [0.5, 0.6) is 0 Å². The molecular weight excluding hydrogens is 407 g/mol. The quantitative estimate of drug-likeness (QED) is 0.359. The van der Waals surface area contributed by atoms with Crippen LogP contribution < -0.4 is 0 Å². The number of fused-ring (bicyclic) bond motifs is 2. The van der Waals surface area contributed by atoms with E-state index in [9.17, 15) is 27.1 Å². The average molecular weight is 418 g/mol. The monoisotopic (exact) mass is 418 g/mol. The van der Waals surface area contributed by atoms with E-state index in [1.165, 1.54) is 12.4 Å². The van der Waals surface area contributed by atoms with Gasteiger partial charge in [0, 0.05) is 28.2 Å². The minimum Gasteiger partial charge on any atom is -0.392 e. The van der Waals surface area contributed by atoms with Crippen LogP contribution in [0.1, 0.15) is 22.3 Å². The highest BCUT2D eigenvalue weighted by Gasteiger charge is 2.34. The Hall–Kier alpha value is -3.53. The minimum atomic E-state index is -4.59. The van der Waals surface area contributed by atoms with Crippen molar-refractivity contribution in [3.8, 4) is 11.3 Å². The molecule has 10 heteroatoms. The van der Waals surface area contributed by atoms with Gasteiger partial charge in [0.25, 0.3) is 0 Å². The summed E-state index contributed by atoms with van der Waals surface area (Å²) < 4.78 is 69.8. The van der Waals surface area contributed by atoms with Crippen molar-refractivity contribution >= 4 is 22.3 Å². The molecule has 5 nitrogen and oxygen atoms in total. The summed E-state index contributed by atoms with van der Waals surface area (Å²) in [4.78, 5) is 7.07. The Balaban J connectivity index is 1.86. The van der Waals surface area contributed by atoms with Gasteiger partial charge in [0.15, 0.2) is 0 Å². The number of nitrogens with one attached hydrogen (secondary N) is 2. The maximum Gasteiger partial charge on any atom is 0.416 e. The number of aliphatic imine (C=N–C) groups is 1. The highest BCUT2D eigenvalue weighted by Crippen LogP contribution is 2.43. The zero-order valence-corrected chi connectivity index (χ0v) is 14.9. The second-order valence-electron chi connectivity index (χ2n) is 6.83. The largest absolute Gasteiger partial charge is 0.416 e. The Morgan fingerprint density at radius 1 is 1.00 bits per heavy atom. The molecule has 4 aromatic rings. The minimum absolute atomic E-state index is 0.0430. The van der Waals surface area contributed by atoms with Gasteiger partial charge in [-0.2, -0.15) is 18.3 Å². The van der Waals surface area contributed by atoms with Gasteiger partial charge in [-0.1, -0.05) is 0 Å². The Labute approximate surface area is 164 Å². The van der Waals surface area contributed by atoms with Gasteiger partial charge in [0.2, 0.25) is 0 Å². The van der Waals surface area contributed by atoms with Gasteiger partial charge in [-0.3, -0.25) is 5.10 Å². The van der Waals surface area contributed by atoms with E-state index in [4.69, 9.17) is 0 Å². The van der Waals surface area contributed by atoms with E-state index in [0.717, 1.165) is 24.3 Å². The molecule has 3 N–H and O–H groups in total. The maximum absolute atomic E-state index is 14.8. The first-order valence-electron chi connectivity index (χ1n) is 8.72. The zero-order valence-electron chi connectivity index (χ0n) is 14.9. The molecule has 1 aliphatic rings. The smallest absolute Gasteiger partial charge is 0.392 e. The molecule has 0 bridgehead atoms. The molecule has 0 atom stereocenters. The van der Waals surface area contributed by atoms with Crippen LogP contribution in [0.25, 0.3) is 22.2 Å². The second kappa shape index (κ2) is 6.23. The number of aromatic nitrogens is 3. The van der Waals surface area contributed by atoms with E-state index < -0.39 is 35.5 Å². The Morgan fingerprint density at radius 2 is 1.73 bits per heavy atom. The molecule has 0 radical (unpaired) electrons. The third kappa shape index (κ3) is 2.64. The van der Waals surface area contributed by atoms with E-state index >= 15 is 0 Å². The first-order chi connectivity index (χ1) is 14.3. The van der Waals surface area contributed by atoms with Crippen molar-refractivity contribution in [2.45, 2.75) is 12.8 Å². The van der Waals surface area contributed by atoms with E-state index in [-0.39, 0.29) is 39.3 Å². The van der Waals surface area contributed by atoms with E-state index in [1.54, 1.807) is 0 Å². The molecule has 1 aliphatic heterocycles. The fourth-order valence-electron chi connectivity index (χ4n) is 3.69. The van der Waals surface area contributed by atoms with Crippen LogP contribution in [0.2, 0.25) is 0 Å². The Morgan fingerprint density at radius 3 is 2.40 bits per heavy atom. The molecule has 2 aromatic heterocycles. The number of halogens is 5. The Kier molecular flexibility index (Phi) is 3.84. The van der Waals surface area contributed by atoms with Crippen LogP contribution in [0.4, 0.5) is 27.6 Å². The SMILES string of the molecule is OCc1cc(F)c(C2=Nc3cn[nH]c3-c3cc(C(F)(F)F)cc4[nH]cc2c34)c(F)c1. The number of hydrogen-bond acceptors (Lipinski definition) is 3. The third-order valence-corrected chi connectivity index (χ3v) is 5.00. The molecule has 0 unspecified atom stereocenters. The van der Waals surface area contributed by atoms with E-state index in [2.05, 4.69) is 20.2 Å². The summed E-state index contributed by atoms with van der Waals surface area (Å²) >= 11 is 0.